The number of benzene rings is 1. The standard InChI is InChI=1S/C17H15Cl2N5/c1-11-9-13(10-20-22-17-8-7-16(19)21-23-17)12(2)24(11)15-6-4-3-5-14(15)18/h3-10H,1-2H3,(H,22,23)/b20-10+. The predicted molar refractivity (Wildman–Crippen MR) is 98.5 cm³/mol. The van der Waals surface area contributed by atoms with Crippen molar-refractivity contribution in [2.45, 2.75) is 13.8 Å². The molecule has 0 radical (unpaired) electrons. The molecule has 0 bridgehead atoms. The fraction of sp³-hybridized carbons (Fsp3) is 0.118. The van der Waals surface area contributed by atoms with Gasteiger partial charge >= 0.3 is 0 Å². The van der Waals surface area contributed by atoms with Crippen molar-refractivity contribution >= 4 is 35.2 Å². The Morgan fingerprint density at radius 3 is 2.58 bits per heavy atom. The molecule has 0 aliphatic heterocycles. The first-order valence-electron chi connectivity index (χ1n) is 7.28. The number of hydrogen-bond donors (Lipinski definition) is 1. The lowest BCUT2D eigenvalue weighted by molar-refractivity contribution is 0.965. The molecule has 7 heteroatoms. The van der Waals surface area contributed by atoms with Gasteiger partial charge in [0.2, 0.25) is 0 Å². The lowest BCUT2D eigenvalue weighted by Crippen LogP contribution is -2.00. The number of hydrogen-bond acceptors (Lipinski definition) is 4. The average Bonchev–Trinajstić information content (AvgIpc) is 2.84. The molecule has 1 aromatic carbocycles. The van der Waals surface area contributed by atoms with Gasteiger partial charge in [-0.25, -0.2) is 0 Å². The number of aryl methyl sites for hydroxylation is 1. The Morgan fingerprint density at radius 2 is 1.88 bits per heavy atom. The SMILES string of the molecule is Cc1cc(/C=N/Nc2ccc(Cl)nn2)c(C)n1-c1ccccc1Cl. The first-order valence-corrected chi connectivity index (χ1v) is 8.04. The van der Waals surface area contributed by atoms with Crippen LogP contribution < -0.4 is 5.43 Å². The van der Waals surface area contributed by atoms with Crippen LogP contribution in [0.2, 0.25) is 10.2 Å². The van der Waals surface area contributed by atoms with Crippen LogP contribution in [0, 0.1) is 13.8 Å². The van der Waals surface area contributed by atoms with Crippen LogP contribution in [0.5, 0.6) is 0 Å². The van der Waals surface area contributed by atoms with Gasteiger partial charge in [0.05, 0.1) is 16.9 Å². The molecule has 0 saturated heterocycles. The number of hydrazone groups is 1. The summed E-state index contributed by atoms with van der Waals surface area (Å²) >= 11 is 12.0. The van der Waals surface area contributed by atoms with E-state index in [-0.39, 0.29) is 0 Å². The Bertz CT molecular complexity index is 884. The first kappa shape index (κ1) is 16.5. The third-order valence-electron chi connectivity index (χ3n) is 3.58. The molecule has 0 unspecified atom stereocenters. The Kier molecular flexibility index (Phi) is 4.83. The fourth-order valence-electron chi connectivity index (χ4n) is 2.47. The van der Waals surface area contributed by atoms with Crippen molar-refractivity contribution in [2.24, 2.45) is 5.10 Å². The van der Waals surface area contributed by atoms with Gasteiger partial charge in [-0.1, -0.05) is 35.3 Å². The molecule has 0 aliphatic rings. The van der Waals surface area contributed by atoms with Gasteiger partial charge in [0.15, 0.2) is 11.0 Å². The molecule has 0 fully saturated rings. The molecule has 3 rings (SSSR count). The van der Waals surface area contributed by atoms with E-state index in [0.29, 0.717) is 16.0 Å². The van der Waals surface area contributed by atoms with Crippen molar-refractivity contribution in [3.8, 4) is 5.69 Å². The van der Waals surface area contributed by atoms with E-state index in [9.17, 15) is 0 Å². The molecular weight excluding hydrogens is 345 g/mol. The highest BCUT2D eigenvalue weighted by Crippen LogP contribution is 2.25. The molecule has 0 amide bonds. The van der Waals surface area contributed by atoms with E-state index < -0.39 is 0 Å². The quantitative estimate of drug-likeness (QED) is 0.545. The Morgan fingerprint density at radius 1 is 1.08 bits per heavy atom. The zero-order valence-electron chi connectivity index (χ0n) is 13.2. The minimum Gasteiger partial charge on any atom is -0.316 e. The van der Waals surface area contributed by atoms with E-state index in [1.165, 1.54) is 0 Å². The lowest BCUT2D eigenvalue weighted by atomic mass is 10.2. The summed E-state index contributed by atoms with van der Waals surface area (Å²) < 4.78 is 2.10. The molecule has 2 aromatic heterocycles. The Labute approximate surface area is 149 Å². The molecule has 0 spiro atoms. The third-order valence-corrected chi connectivity index (χ3v) is 4.10. The first-order chi connectivity index (χ1) is 11.6. The van der Waals surface area contributed by atoms with Gasteiger partial charge in [0.1, 0.15) is 0 Å². The molecule has 0 aliphatic carbocycles. The number of rotatable bonds is 4. The smallest absolute Gasteiger partial charge is 0.168 e. The van der Waals surface area contributed by atoms with Gasteiger partial charge in [0.25, 0.3) is 0 Å². The second kappa shape index (κ2) is 7.03. The topological polar surface area (TPSA) is 55.1 Å². The van der Waals surface area contributed by atoms with Crippen molar-refractivity contribution in [1.82, 2.24) is 14.8 Å². The number of anilines is 1. The van der Waals surface area contributed by atoms with E-state index in [4.69, 9.17) is 23.2 Å². The zero-order valence-corrected chi connectivity index (χ0v) is 14.7. The van der Waals surface area contributed by atoms with Crippen molar-refractivity contribution in [1.29, 1.82) is 0 Å². The van der Waals surface area contributed by atoms with Crippen LogP contribution in [0.4, 0.5) is 5.82 Å². The molecule has 1 N–H and O–H groups in total. The largest absolute Gasteiger partial charge is 0.316 e. The summed E-state index contributed by atoms with van der Waals surface area (Å²) in [6.07, 6.45) is 1.74. The van der Waals surface area contributed by atoms with Gasteiger partial charge in [-0.2, -0.15) is 5.10 Å². The van der Waals surface area contributed by atoms with Crippen LogP contribution in [0.25, 0.3) is 5.69 Å². The second-order valence-electron chi connectivity index (χ2n) is 5.22. The summed E-state index contributed by atoms with van der Waals surface area (Å²) in [6, 6.07) is 13.2. The number of nitrogens with zero attached hydrogens (tertiary/aromatic N) is 4. The van der Waals surface area contributed by atoms with Crippen LogP contribution in [0.3, 0.4) is 0 Å². The summed E-state index contributed by atoms with van der Waals surface area (Å²) in [5.41, 5.74) is 6.89. The Hall–Kier alpha value is -2.37. The molecule has 0 atom stereocenters. The van der Waals surface area contributed by atoms with Crippen molar-refractivity contribution in [3.63, 3.8) is 0 Å². The molecule has 24 heavy (non-hydrogen) atoms. The maximum atomic E-state index is 6.32. The molecule has 122 valence electrons. The molecular formula is C17H15Cl2N5. The van der Waals surface area contributed by atoms with E-state index in [1.54, 1.807) is 18.3 Å². The van der Waals surface area contributed by atoms with Crippen molar-refractivity contribution < 1.29 is 0 Å². The zero-order chi connectivity index (χ0) is 17.1. The Balaban J connectivity index is 1.85. The third kappa shape index (κ3) is 3.42. The van der Waals surface area contributed by atoms with Crippen LogP contribution in [0.15, 0.2) is 47.6 Å². The minimum atomic E-state index is 0.341. The summed E-state index contributed by atoms with van der Waals surface area (Å²) in [6.45, 7) is 4.06. The molecule has 2 heterocycles. The predicted octanol–water partition coefficient (Wildman–Crippen LogP) is 4.64. The minimum absolute atomic E-state index is 0.341. The monoisotopic (exact) mass is 359 g/mol. The summed E-state index contributed by atoms with van der Waals surface area (Å²) in [4.78, 5) is 0. The highest BCUT2D eigenvalue weighted by Gasteiger charge is 2.11. The highest BCUT2D eigenvalue weighted by atomic mass is 35.5. The highest BCUT2D eigenvalue weighted by molar-refractivity contribution is 6.32. The van der Waals surface area contributed by atoms with E-state index in [2.05, 4.69) is 31.4 Å². The van der Waals surface area contributed by atoms with Crippen LogP contribution >= 0.6 is 23.2 Å². The molecule has 0 saturated carbocycles. The summed E-state index contributed by atoms with van der Waals surface area (Å²) in [5, 5.41) is 12.9. The van der Waals surface area contributed by atoms with Crippen LogP contribution in [-0.2, 0) is 0 Å². The number of aromatic nitrogens is 3. The maximum Gasteiger partial charge on any atom is 0.168 e. The maximum absolute atomic E-state index is 6.32. The lowest BCUT2D eigenvalue weighted by Gasteiger charge is -2.11. The fourth-order valence-corrected chi connectivity index (χ4v) is 2.79. The number of para-hydroxylation sites is 1. The number of nitrogens with one attached hydrogen (secondary N) is 1. The van der Waals surface area contributed by atoms with Gasteiger partial charge in [0, 0.05) is 17.0 Å². The van der Waals surface area contributed by atoms with E-state index in [0.717, 1.165) is 22.6 Å². The van der Waals surface area contributed by atoms with Gasteiger partial charge in [-0.3, -0.25) is 5.43 Å². The molecule has 3 aromatic rings. The summed E-state index contributed by atoms with van der Waals surface area (Å²) in [5.74, 6) is 0.524. The number of halogens is 2. The molecule has 5 nitrogen and oxygen atoms in total. The van der Waals surface area contributed by atoms with Gasteiger partial charge in [-0.05, 0) is 44.2 Å². The van der Waals surface area contributed by atoms with E-state index >= 15 is 0 Å². The van der Waals surface area contributed by atoms with Crippen molar-refractivity contribution in [3.05, 3.63) is 69.6 Å². The van der Waals surface area contributed by atoms with Crippen LogP contribution in [-0.4, -0.2) is 21.0 Å². The second-order valence-corrected chi connectivity index (χ2v) is 6.02. The average molecular weight is 360 g/mol. The van der Waals surface area contributed by atoms with E-state index in [1.807, 2.05) is 38.1 Å². The normalized spacial score (nSPS) is 11.2. The van der Waals surface area contributed by atoms with Crippen LogP contribution in [0.1, 0.15) is 17.0 Å². The van der Waals surface area contributed by atoms with Gasteiger partial charge in [-0.15, -0.1) is 10.2 Å². The van der Waals surface area contributed by atoms with Gasteiger partial charge < -0.3 is 4.57 Å². The van der Waals surface area contributed by atoms with Crippen molar-refractivity contribution in [2.75, 3.05) is 5.43 Å². The summed E-state index contributed by atoms with van der Waals surface area (Å²) in [7, 11) is 0.